The number of esters is 3. The lowest BCUT2D eigenvalue weighted by Crippen LogP contribution is -2.78. The van der Waals surface area contributed by atoms with Crippen molar-refractivity contribution in [1.82, 2.24) is 0 Å². The SMILES string of the molecule is CC(=O)OCC12C3CCCC1(O)COC2(O)C(OC(C)=O)C(C)C31CC(c2ccoc2)OC1OC(C)=O. The van der Waals surface area contributed by atoms with Crippen LogP contribution in [-0.2, 0) is 38.1 Å². The van der Waals surface area contributed by atoms with E-state index < -0.39 is 70.5 Å². The molecule has 11 heteroatoms. The average molecular weight is 523 g/mol. The number of fused-ring (bicyclic) bond motifs is 1. The van der Waals surface area contributed by atoms with Crippen molar-refractivity contribution < 1.29 is 52.7 Å². The molecule has 0 bridgehead atoms. The molecule has 2 aliphatic carbocycles. The zero-order chi connectivity index (χ0) is 26.8. The summed E-state index contributed by atoms with van der Waals surface area (Å²) >= 11 is 0. The molecule has 4 fully saturated rings. The van der Waals surface area contributed by atoms with Crippen LogP contribution in [0.15, 0.2) is 23.0 Å². The van der Waals surface area contributed by atoms with Crippen molar-refractivity contribution in [3.05, 3.63) is 24.2 Å². The molecule has 4 aliphatic rings. The Bertz CT molecular complexity index is 1070. The Morgan fingerprint density at radius 3 is 2.46 bits per heavy atom. The van der Waals surface area contributed by atoms with Crippen LogP contribution in [0.2, 0.25) is 0 Å². The summed E-state index contributed by atoms with van der Waals surface area (Å²) in [7, 11) is 0. The zero-order valence-corrected chi connectivity index (χ0v) is 21.4. The number of carbonyl (C=O) groups is 3. The van der Waals surface area contributed by atoms with Gasteiger partial charge in [-0.2, -0.15) is 0 Å². The molecule has 37 heavy (non-hydrogen) atoms. The van der Waals surface area contributed by atoms with Crippen molar-refractivity contribution in [1.29, 1.82) is 0 Å². The average Bonchev–Trinajstić information content (AvgIpc) is 3.52. The number of ether oxygens (including phenoxy) is 5. The summed E-state index contributed by atoms with van der Waals surface area (Å²) in [6.45, 7) is 4.92. The van der Waals surface area contributed by atoms with Gasteiger partial charge in [0.2, 0.25) is 12.1 Å². The van der Waals surface area contributed by atoms with E-state index in [1.807, 2.05) is 0 Å². The first-order valence-corrected chi connectivity index (χ1v) is 12.7. The maximum Gasteiger partial charge on any atom is 0.304 e. The molecule has 0 radical (unpaired) electrons. The second-order valence-electron chi connectivity index (χ2n) is 11.0. The van der Waals surface area contributed by atoms with Gasteiger partial charge in [0.1, 0.15) is 12.2 Å². The van der Waals surface area contributed by atoms with E-state index in [0.29, 0.717) is 19.3 Å². The van der Waals surface area contributed by atoms with Crippen LogP contribution in [0, 0.1) is 22.7 Å². The van der Waals surface area contributed by atoms with Crippen molar-refractivity contribution in [2.75, 3.05) is 13.2 Å². The third kappa shape index (κ3) is 3.50. The summed E-state index contributed by atoms with van der Waals surface area (Å²) < 4.78 is 34.7. The Hall–Kier alpha value is -2.47. The van der Waals surface area contributed by atoms with Crippen LogP contribution in [-0.4, -0.2) is 65.1 Å². The normalized spacial score (nSPS) is 44.3. The number of hydrogen-bond acceptors (Lipinski definition) is 11. The van der Waals surface area contributed by atoms with Gasteiger partial charge in [-0.05, 0) is 31.2 Å². The Morgan fingerprint density at radius 2 is 1.84 bits per heavy atom. The van der Waals surface area contributed by atoms with E-state index in [0.717, 1.165) is 5.56 Å². The van der Waals surface area contributed by atoms with Gasteiger partial charge in [0, 0.05) is 37.7 Å². The fraction of sp³-hybridized carbons (Fsp3) is 0.731. The van der Waals surface area contributed by atoms with Gasteiger partial charge in [0.15, 0.2) is 6.10 Å². The highest BCUT2D eigenvalue weighted by molar-refractivity contribution is 5.67. The highest BCUT2D eigenvalue weighted by Crippen LogP contribution is 2.74. The molecule has 9 unspecified atom stereocenters. The van der Waals surface area contributed by atoms with Crippen molar-refractivity contribution in [2.45, 2.75) is 83.3 Å². The number of rotatable bonds is 5. The van der Waals surface area contributed by atoms with Gasteiger partial charge in [0.25, 0.3) is 0 Å². The van der Waals surface area contributed by atoms with E-state index in [4.69, 9.17) is 28.1 Å². The summed E-state index contributed by atoms with van der Waals surface area (Å²) in [5, 5.41) is 24.3. The first-order chi connectivity index (χ1) is 17.4. The Labute approximate surface area is 214 Å². The van der Waals surface area contributed by atoms with Crippen LogP contribution in [0.25, 0.3) is 0 Å². The monoisotopic (exact) mass is 522 g/mol. The molecule has 3 heterocycles. The summed E-state index contributed by atoms with van der Waals surface area (Å²) in [4.78, 5) is 36.7. The Balaban J connectivity index is 1.74. The molecular formula is C26H34O11. The zero-order valence-electron chi connectivity index (χ0n) is 21.4. The first kappa shape index (κ1) is 26.1. The molecule has 1 spiro atoms. The minimum Gasteiger partial charge on any atom is -0.472 e. The molecule has 11 nitrogen and oxygen atoms in total. The Kier molecular flexibility index (Phi) is 6.21. The molecule has 2 N–H and O–H groups in total. The quantitative estimate of drug-likeness (QED) is 0.431. The Morgan fingerprint density at radius 1 is 1.11 bits per heavy atom. The molecule has 2 saturated heterocycles. The van der Waals surface area contributed by atoms with Gasteiger partial charge in [0.05, 0.1) is 30.7 Å². The van der Waals surface area contributed by atoms with Crippen molar-refractivity contribution in [2.24, 2.45) is 22.7 Å². The van der Waals surface area contributed by atoms with Crippen LogP contribution in [0.5, 0.6) is 0 Å². The molecule has 0 aromatic carbocycles. The molecule has 5 rings (SSSR count). The van der Waals surface area contributed by atoms with E-state index in [9.17, 15) is 24.6 Å². The highest BCUT2D eigenvalue weighted by Gasteiger charge is 2.85. The van der Waals surface area contributed by atoms with Crippen molar-refractivity contribution >= 4 is 17.9 Å². The van der Waals surface area contributed by atoms with Gasteiger partial charge in [-0.3, -0.25) is 14.4 Å². The van der Waals surface area contributed by atoms with Gasteiger partial charge in [-0.1, -0.05) is 13.3 Å². The number of carbonyl (C=O) groups excluding carboxylic acids is 3. The second kappa shape index (κ2) is 8.79. The molecule has 204 valence electrons. The van der Waals surface area contributed by atoms with E-state index in [1.165, 1.54) is 27.0 Å². The van der Waals surface area contributed by atoms with Crippen LogP contribution in [0.4, 0.5) is 0 Å². The summed E-state index contributed by atoms with van der Waals surface area (Å²) in [5.41, 5.74) is -3.53. The summed E-state index contributed by atoms with van der Waals surface area (Å²) in [6.07, 6.45) is 1.78. The fourth-order valence-corrected chi connectivity index (χ4v) is 7.84. The molecule has 2 saturated carbocycles. The second-order valence-corrected chi connectivity index (χ2v) is 11.0. The predicted octanol–water partition coefficient (Wildman–Crippen LogP) is 2.00. The van der Waals surface area contributed by atoms with Crippen molar-refractivity contribution in [3.63, 3.8) is 0 Å². The van der Waals surface area contributed by atoms with Crippen LogP contribution < -0.4 is 0 Å². The topological polar surface area (TPSA) is 151 Å². The van der Waals surface area contributed by atoms with Crippen LogP contribution in [0.3, 0.4) is 0 Å². The van der Waals surface area contributed by atoms with Gasteiger partial charge >= 0.3 is 17.9 Å². The molecule has 9 atom stereocenters. The molecular weight excluding hydrogens is 488 g/mol. The standard InChI is InChI=1S/C26H34O11/c1-14-21(35-16(3)28)26(31)25(13-33-15(2)27)20(6-5-8-23(25,30)12-34-26)24(14)10-19(18-7-9-32-11-18)37-22(24)36-17(4)29/h7,9,11,14,19-22,30-31H,5-6,8,10,12-13H2,1-4H3. The lowest BCUT2D eigenvalue weighted by molar-refractivity contribution is -0.380. The van der Waals surface area contributed by atoms with Gasteiger partial charge in [-0.25, -0.2) is 0 Å². The van der Waals surface area contributed by atoms with Gasteiger partial charge < -0.3 is 38.3 Å². The van der Waals surface area contributed by atoms with Crippen LogP contribution in [0.1, 0.15) is 65.0 Å². The molecule has 2 aliphatic heterocycles. The fourth-order valence-electron chi connectivity index (χ4n) is 7.84. The number of aliphatic hydroxyl groups is 2. The smallest absolute Gasteiger partial charge is 0.304 e. The molecule has 0 amide bonds. The third-order valence-electron chi connectivity index (χ3n) is 9.26. The predicted molar refractivity (Wildman–Crippen MR) is 122 cm³/mol. The lowest BCUT2D eigenvalue weighted by atomic mass is 9.40. The van der Waals surface area contributed by atoms with Gasteiger partial charge in [-0.15, -0.1) is 0 Å². The van der Waals surface area contributed by atoms with E-state index in [-0.39, 0.29) is 19.6 Å². The maximum atomic E-state index is 12.3. The van der Waals surface area contributed by atoms with E-state index in [1.54, 1.807) is 19.3 Å². The molecule has 1 aromatic heterocycles. The van der Waals surface area contributed by atoms with E-state index in [2.05, 4.69) is 0 Å². The number of furan rings is 1. The first-order valence-electron chi connectivity index (χ1n) is 12.7. The van der Waals surface area contributed by atoms with E-state index >= 15 is 0 Å². The third-order valence-corrected chi connectivity index (χ3v) is 9.26. The largest absolute Gasteiger partial charge is 0.472 e. The summed E-state index contributed by atoms with van der Waals surface area (Å²) in [5.74, 6) is -5.26. The highest BCUT2D eigenvalue weighted by atomic mass is 16.7. The molecule has 1 aromatic rings. The summed E-state index contributed by atoms with van der Waals surface area (Å²) in [6, 6.07) is 1.76. The van der Waals surface area contributed by atoms with Crippen LogP contribution >= 0.6 is 0 Å². The minimum absolute atomic E-state index is 0.244. The minimum atomic E-state index is -2.17. The van der Waals surface area contributed by atoms with Crippen molar-refractivity contribution in [3.8, 4) is 0 Å². The maximum absolute atomic E-state index is 12.3. The number of hydrogen-bond donors (Lipinski definition) is 2. The lowest BCUT2D eigenvalue weighted by Gasteiger charge is -2.66.